The minimum atomic E-state index is -0.900. The summed E-state index contributed by atoms with van der Waals surface area (Å²) in [5.41, 5.74) is -1.19. The summed E-state index contributed by atoms with van der Waals surface area (Å²) in [7, 11) is 0. The summed E-state index contributed by atoms with van der Waals surface area (Å²) in [5, 5.41) is 18.1. The molecule has 0 saturated carbocycles. The van der Waals surface area contributed by atoms with E-state index in [1.165, 1.54) is 0 Å². The molecule has 5 nitrogen and oxygen atoms in total. The third-order valence-electron chi connectivity index (χ3n) is 3.57. The molecule has 1 rings (SSSR count). The van der Waals surface area contributed by atoms with E-state index in [4.69, 9.17) is 14.7 Å². The van der Waals surface area contributed by atoms with E-state index in [0.29, 0.717) is 6.42 Å². The smallest absolute Gasteiger partial charge is 0.306 e. The van der Waals surface area contributed by atoms with Crippen molar-refractivity contribution in [3.63, 3.8) is 0 Å². The molecule has 1 unspecified atom stereocenters. The molecule has 0 bridgehead atoms. The van der Waals surface area contributed by atoms with Crippen molar-refractivity contribution < 1.29 is 19.4 Å². The van der Waals surface area contributed by atoms with E-state index in [1.54, 1.807) is 13.8 Å². The average Bonchev–Trinajstić information content (AvgIpc) is 2.11. The van der Waals surface area contributed by atoms with Gasteiger partial charge in [0.2, 0.25) is 0 Å². The molecule has 0 aliphatic carbocycles. The maximum absolute atomic E-state index is 11.2. The van der Waals surface area contributed by atoms with Crippen LogP contribution in [0.4, 0.5) is 0 Å². The van der Waals surface area contributed by atoms with Gasteiger partial charge in [-0.05, 0) is 19.3 Å². The van der Waals surface area contributed by atoms with E-state index in [0.717, 1.165) is 0 Å². The van der Waals surface area contributed by atoms with Crippen LogP contribution in [-0.4, -0.2) is 28.6 Å². The number of hydrogen-bond donors (Lipinski definition) is 1. The van der Waals surface area contributed by atoms with Crippen LogP contribution in [0.25, 0.3) is 0 Å². The zero-order valence-corrected chi connectivity index (χ0v) is 12.3. The van der Waals surface area contributed by atoms with Crippen molar-refractivity contribution >= 4 is 5.97 Å². The largest absolute Gasteiger partial charge is 0.481 e. The first-order chi connectivity index (χ1) is 8.51. The van der Waals surface area contributed by atoms with Crippen LogP contribution in [0, 0.1) is 16.7 Å². The van der Waals surface area contributed by atoms with Gasteiger partial charge in [0.1, 0.15) is 0 Å². The molecule has 1 aliphatic rings. The predicted octanol–water partition coefficient (Wildman–Crippen LogP) is 2.70. The molecule has 0 aromatic heterocycles. The number of rotatable bonds is 3. The zero-order chi connectivity index (χ0) is 14.9. The van der Waals surface area contributed by atoms with Crippen molar-refractivity contribution in [1.29, 1.82) is 5.26 Å². The van der Waals surface area contributed by atoms with Crippen LogP contribution >= 0.6 is 0 Å². The SMILES string of the molecule is CC1(C)O[C@H](CC#N)CC(CC(=O)O)(C(C)(C)C)O1. The third-order valence-corrected chi connectivity index (χ3v) is 3.57. The topological polar surface area (TPSA) is 79.5 Å². The lowest BCUT2D eigenvalue weighted by atomic mass is 9.70. The minimum Gasteiger partial charge on any atom is -0.481 e. The number of ether oxygens (including phenoxy) is 2. The lowest BCUT2D eigenvalue weighted by Gasteiger charge is -2.53. The Morgan fingerprint density at radius 3 is 2.47 bits per heavy atom. The molecule has 0 radical (unpaired) electrons. The normalized spacial score (nSPS) is 30.6. The Kier molecular flexibility index (Phi) is 4.28. The van der Waals surface area contributed by atoms with Crippen molar-refractivity contribution in [2.24, 2.45) is 5.41 Å². The van der Waals surface area contributed by atoms with Gasteiger partial charge < -0.3 is 14.6 Å². The van der Waals surface area contributed by atoms with Crippen molar-refractivity contribution in [1.82, 2.24) is 0 Å². The highest BCUT2D eigenvalue weighted by atomic mass is 16.7. The van der Waals surface area contributed by atoms with Gasteiger partial charge in [0.05, 0.1) is 30.6 Å². The van der Waals surface area contributed by atoms with Gasteiger partial charge in [-0.2, -0.15) is 5.26 Å². The van der Waals surface area contributed by atoms with E-state index in [2.05, 4.69) is 6.07 Å². The summed E-state index contributed by atoms with van der Waals surface area (Å²) in [4.78, 5) is 11.2. The van der Waals surface area contributed by atoms with Crippen molar-refractivity contribution in [2.45, 2.75) is 71.4 Å². The predicted molar refractivity (Wildman–Crippen MR) is 69.3 cm³/mol. The van der Waals surface area contributed by atoms with Gasteiger partial charge in [0.25, 0.3) is 0 Å². The third kappa shape index (κ3) is 3.68. The van der Waals surface area contributed by atoms with Gasteiger partial charge in [-0.1, -0.05) is 20.8 Å². The van der Waals surface area contributed by atoms with Crippen molar-refractivity contribution in [3.05, 3.63) is 0 Å². The van der Waals surface area contributed by atoms with E-state index in [-0.39, 0.29) is 24.4 Å². The first-order valence-corrected chi connectivity index (χ1v) is 6.48. The molecule has 1 fully saturated rings. The van der Waals surface area contributed by atoms with E-state index in [1.807, 2.05) is 20.8 Å². The maximum atomic E-state index is 11.2. The van der Waals surface area contributed by atoms with Crippen LogP contribution in [0.15, 0.2) is 0 Å². The Hall–Kier alpha value is -1.12. The summed E-state index contributed by atoms with van der Waals surface area (Å²) in [6.45, 7) is 9.40. The number of carbonyl (C=O) groups is 1. The molecule has 1 N–H and O–H groups in total. The second kappa shape index (κ2) is 5.10. The lowest BCUT2D eigenvalue weighted by molar-refractivity contribution is -0.353. The van der Waals surface area contributed by atoms with Crippen LogP contribution in [0.2, 0.25) is 0 Å². The van der Waals surface area contributed by atoms with E-state index < -0.39 is 17.4 Å². The number of hydrogen-bond acceptors (Lipinski definition) is 4. The number of nitriles is 1. The second-order valence-electron chi connectivity index (χ2n) is 6.62. The Morgan fingerprint density at radius 2 is 2.05 bits per heavy atom. The lowest BCUT2D eigenvalue weighted by Crippen LogP contribution is -2.59. The summed E-state index contributed by atoms with van der Waals surface area (Å²) in [6.07, 6.45) is 0.266. The van der Waals surface area contributed by atoms with Gasteiger partial charge in [0.15, 0.2) is 5.79 Å². The summed E-state index contributed by atoms with van der Waals surface area (Å²) < 4.78 is 11.7. The van der Waals surface area contributed by atoms with Gasteiger partial charge in [-0.25, -0.2) is 0 Å². The molecule has 1 aliphatic heterocycles. The van der Waals surface area contributed by atoms with E-state index in [9.17, 15) is 9.90 Å². The van der Waals surface area contributed by atoms with Gasteiger partial charge in [0, 0.05) is 6.42 Å². The molecular formula is C14H23NO4. The van der Waals surface area contributed by atoms with Gasteiger partial charge in [-0.15, -0.1) is 0 Å². The molecule has 1 saturated heterocycles. The van der Waals surface area contributed by atoms with Gasteiger partial charge in [-0.3, -0.25) is 4.79 Å². The Morgan fingerprint density at radius 1 is 1.47 bits per heavy atom. The van der Waals surface area contributed by atoms with Crippen LogP contribution in [0.3, 0.4) is 0 Å². The quantitative estimate of drug-likeness (QED) is 0.852. The highest BCUT2D eigenvalue weighted by Crippen LogP contribution is 2.47. The summed E-state index contributed by atoms with van der Waals surface area (Å²) in [6, 6.07) is 2.09. The Balaban J connectivity index is 3.14. The fraction of sp³-hybridized carbons (Fsp3) is 0.857. The first-order valence-electron chi connectivity index (χ1n) is 6.48. The molecule has 108 valence electrons. The molecule has 1 heterocycles. The number of carboxylic acids is 1. The standard InChI is InChI=1S/C14H23NO4/c1-12(2,3)14(9-11(16)17)8-10(6-7-15)18-13(4,5)19-14/h10H,6,8-9H2,1-5H3,(H,16,17)/t10-,14?/m1/s1. The Labute approximate surface area is 114 Å². The molecular weight excluding hydrogens is 246 g/mol. The highest BCUT2D eigenvalue weighted by molar-refractivity contribution is 5.68. The number of carboxylic acid groups (broad SMARTS) is 1. The fourth-order valence-corrected chi connectivity index (χ4v) is 2.64. The average molecular weight is 269 g/mol. The zero-order valence-electron chi connectivity index (χ0n) is 12.3. The van der Waals surface area contributed by atoms with Crippen LogP contribution in [0.1, 0.15) is 53.9 Å². The molecule has 2 atom stereocenters. The molecule has 0 aromatic carbocycles. The maximum Gasteiger partial charge on any atom is 0.306 e. The molecule has 19 heavy (non-hydrogen) atoms. The molecule has 0 spiro atoms. The summed E-state index contributed by atoms with van der Waals surface area (Å²) in [5.74, 6) is -1.79. The molecule has 0 amide bonds. The summed E-state index contributed by atoms with van der Waals surface area (Å²) >= 11 is 0. The highest BCUT2D eigenvalue weighted by Gasteiger charge is 2.53. The number of aliphatic carboxylic acids is 1. The monoisotopic (exact) mass is 269 g/mol. The van der Waals surface area contributed by atoms with Crippen molar-refractivity contribution in [3.8, 4) is 6.07 Å². The molecule has 0 aromatic rings. The van der Waals surface area contributed by atoms with Crippen molar-refractivity contribution in [2.75, 3.05) is 0 Å². The number of nitrogens with zero attached hydrogens (tertiary/aromatic N) is 1. The van der Waals surface area contributed by atoms with Crippen LogP contribution in [-0.2, 0) is 14.3 Å². The second-order valence-corrected chi connectivity index (χ2v) is 6.62. The van der Waals surface area contributed by atoms with Gasteiger partial charge >= 0.3 is 5.97 Å². The van der Waals surface area contributed by atoms with Crippen LogP contribution < -0.4 is 0 Å². The fourth-order valence-electron chi connectivity index (χ4n) is 2.64. The molecule has 5 heteroatoms. The van der Waals surface area contributed by atoms with Crippen LogP contribution in [0.5, 0.6) is 0 Å². The van der Waals surface area contributed by atoms with E-state index >= 15 is 0 Å². The first kappa shape index (κ1) is 15.9. The minimum absolute atomic E-state index is 0.0920. The Bertz CT molecular complexity index is 391.